The van der Waals surface area contributed by atoms with Gasteiger partial charge in [-0.15, -0.1) is 0 Å². The maximum atomic E-state index is 13.4. The fourth-order valence-electron chi connectivity index (χ4n) is 3.92. The molecule has 39 heavy (non-hydrogen) atoms. The molecule has 1 saturated heterocycles. The van der Waals surface area contributed by atoms with Gasteiger partial charge in [0.1, 0.15) is 36.5 Å². The van der Waals surface area contributed by atoms with E-state index in [1.807, 2.05) is 6.08 Å². The van der Waals surface area contributed by atoms with E-state index in [1.165, 1.54) is 33.7 Å². The Labute approximate surface area is 235 Å². The molecule has 2 heterocycles. The Kier molecular flexibility index (Phi) is 11.5. The van der Waals surface area contributed by atoms with Gasteiger partial charge in [0.25, 0.3) is 0 Å². The first-order valence-corrected chi connectivity index (χ1v) is 15.2. The monoisotopic (exact) mass is 578 g/mol. The number of carbonyl (C=O) groups is 5. The number of allylic oxidation sites excluding steroid dienone is 1. The van der Waals surface area contributed by atoms with Gasteiger partial charge in [-0.05, 0) is 36.1 Å². The SMILES string of the molecule is CC(C)[C@H]1NC(=O)CC2/C=C/CCSSCC(NC1=O)C(=O)NC(Cc1ccc(O)cc1)C(=O)NCC(=O)O2. The van der Waals surface area contributed by atoms with E-state index < -0.39 is 60.4 Å². The van der Waals surface area contributed by atoms with E-state index in [1.54, 1.807) is 32.1 Å². The molecule has 0 radical (unpaired) electrons. The summed E-state index contributed by atoms with van der Waals surface area (Å²) in [5, 5.41) is 20.3. The third-order valence-corrected chi connectivity index (χ3v) is 8.47. The number of aromatic hydroxyl groups is 1. The molecule has 1 fully saturated rings. The van der Waals surface area contributed by atoms with Crippen LogP contribution in [0.3, 0.4) is 0 Å². The normalized spacial score (nSPS) is 26.9. The molecule has 2 aliphatic rings. The Hall–Kier alpha value is -3.19. The second kappa shape index (κ2) is 14.8. The van der Waals surface area contributed by atoms with Gasteiger partial charge in [0.05, 0.1) is 6.42 Å². The Morgan fingerprint density at radius 3 is 2.44 bits per heavy atom. The van der Waals surface area contributed by atoms with Crippen molar-refractivity contribution in [2.75, 3.05) is 18.1 Å². The van der Waals surface area contributed by atoms with Crippen LogP contribution in [0.4, 0.5) is 0 Å². The summed E-state index contributed by atoms with van der Waals surface area (Å²) in [5.41, 5.74) is 0.662. The molecule has 5 N–H and O–H groups in total. The Morgan fingerprint density at radius 1 is 0.974 bits per heavy atom. The van der Waals surface area contributed by atoms with Gasteiger partial charge >= 0.3 is 5.97 Å². The number of rotatable bonds is 3. The molecule has 1 aromatic rings. The molecule has 3 unspecified atom stereocenters. The summed E-state index contributed by atoms with van der Waals surface area (Å²) < 4.78 is 5.47. The van der Waals surface area contributed by atoms with E-state index in [2.05, 4.69) is 21.3 Å². The number of ether oxygens (including phenoxy) is 1. The zero-order chi connectivity index (χ0) is 28.4. The summed E-state index contributed by atoms with van der Waals surface area (Å²) in [5.74, 6) is -2.30. The number of amides is 4. The van der Waals surface area contributed by atoms with Crippen molar-refractivity contribution in [3.8, 4) is 5.75 Å². The predicted octanol–water partition coefficient (Wildman–Crippen LogP) is 0.818. The van der Waals surface area contributed by atoms with Crippen LogP contribution in [-0.4, -0.2) is 77.0 Å². The van der Waals surface area contributed by atoms with Gasteiger partial charge in [-0.1, -0.05) is 53.6 Å². The lowest BCUT2D eigenvalue weighted by molar-refractivity contribution is -0.148. The molecular weight excluding hydrogens is 544 g/mol. The van der Waals surface area contributed by atoms with Crippen LogP contribution in [0.25, 0.3) is 0 Å². The molecular formula is C26H34N4O7S2. The topological polar surface area (TPSA) is 163 Å². The third kappa shape index (κ3) is 9.81. The summed E-state index contributed by atoms with van der Waals surface area (Å²) in [7, 11) is 2.92. The number of nitrogens with one attached hydrogen (secondary N) is 4. The van der Waals surface area contributed by atoms with Gasteiger partial charge < -0.3 is 31.1 Å². The van der Waals surface area contributed by atoms with E-state index in [9.17, 15) is 29.1 Å². The van der Waals surface area contributed by atoms with Gasteiger partial charge in [0.2, 0.25) is 23.6 Å². The number of hydrogen-bond donors (Lipinski definition) is 5. The molecule has 2 bridgehead atoms. The van der Waals surface area contributed by atoms with Crippen molar-refractivity contribution in [2.45, 2.75) is 57.3 Å². The number of phenols is 1. The van der Waals surface area contributed by atoms with Gasteiger partial charge in [0.15, 0.2) is 0 Å². The Balaban J connectivity index is 1.96. The molecule has 0 spiro atoms. The summed E-state index contributed by atoms with van der Waals surface area (Å²) >= 11 is 0. The van der Waals surface area contributed by atoms with Crippen molar-refractivity contribution in [3.63, 3.8) is 0 Å². The minimum Gasteiger partial charge on any atom is -0.508 e. The van der Waals surface area contributed by atoms with E-state index in [0.717, 1.165) is 0 Å². The summed E-state index contributed by atoms with van der Waals surface area (Å²) in [6.07, 6.45) is 3.07. The van der Waals surface area contributed by atoms with Crippen molar-refractivity contribution < 1.29 is 33.8 Å². The largest absolute Gasteiger partial charge is 0.508 e. The summed E-state index contributed by atoms with van der Waals surface area (Å²) in [6, 6.07) is 3.18. The molecule has 0 aliphatic carbocycles. The molecule has 3 rings (SSSR count). The van der Waals surface area contributed by atoms with Crippen LogP contribution in [0.2, 0.25) is 0 Å². The fraction of sp³-hybridized carbons (Fsp3) is 0.500. The number of benzene rings is 1. The average Bonchev–Trinajstić information content (AvgIpc) is 2.88. The van der Waals surface area contributed by atoms with Crippen molar-refractivity contribution in [1.82, 2.24) is 21.3 Å². The molecule has 11 nitrogen and oxygen atoms in total. The molecule has 1 aromatic carbocycles. The van der Waals surface area contributed by atoms with Crippen LogP contribution >= 0.6 is 21.6 Å². The number of hydrogen-bond acceptors (Lipinski definition) is 9. The minimum atomic E-state index is -1.08. The second-order valence-corrected chi connectivity index (χ2v) is 12.2. The second-order valence-electron chi connectivity index (χ2n) is 9.56. The van der Waals surface area contributed by atoms with E-state index >= 15 is 0 Å². The highest BCUT2D eigenvalue weighted by Crippen LogP contribution is 2.24. The van der Waals surface area contributed by atoms with Gasteiger partial charge in [-0.2, -0.15) is 0 Å². The van der Waals surface area contributed by atoms with Crippen molar-refractivity contribution in [2.24, 2.45) is 5.92 Å². The smallest absolute Gasteiger partial charge is 0.326 e. The molecule has 2 aliphatic heterocycles. The summed E-state index contributed by atoms with van der Waals surface area (Å²) in [6.45, 7) is 3.07. The lowest BCUT2D eigenvalue weighted by atomic mass is 10.0. The van der Waals surface area contributed by atoms with Crippen molar-refractivity contribution >= 4 is 51.2 Å². The van der Waals surface area contributed by atoms with E-state index in [-0.39, 0.29) is 30.3 Å². The summed E-state index contributed by atoms with van der Waals surface area (Å²) in [4.78, 5) is 65.2. The number of phenolic OH excluding ortho intramolecular Hbond substituents is 1. The van der Waals surface area contributed by atoms with Crippen LogP contribution in [0, 0.1) is 5.92 Å². The highest BCUT2D eigenvalue weighted by Gasteiger charge is 2.32. The molecule has 212 valence electrons. The molecule has 4 atom stereocenters. The van der Waals surface area contributed by atoms with Crippen LogP contribution < -0.4 is 21.3 Å². The number of esters is 1. The first kappa shape index (κ1) is 30.4. The predicted molar refractivity (Wildman–Crippen MR) is 149 cm³/mol. The van der Waals surface area contributed by atoms with E-state index in [4.69, 9.17) is 4.74 Å². The maximum absolute atomic E-state index is 13.4. The first-order valence-electron chi connectivity index (χ1n) is 12.7. The molecule has 4 amide bonds. The van der Waals surface area contributed by atoms with Crippen LogP contribution in [0.15, 0.2) is 36.4 Å². The molecule has 13 heteroatoms. The van der Waals surface area contributed by atoms with Crippen molar-refractivity contribution in [3.05, 3.63) is 42.0 Å². The van der Waals surface area contributed by atoms with Crippen LogP contribution in [0.5, 0.6) is 5.75 Å². The quantitative estimate of drug-likeness (QED) is 0.199. The first-order chi connectivity index (χ1) is 18.6. The highest BCUT2D eigenvalue weighted by atomic mass is 33.1. The zero-order valence-corrected chi connectivity index (χ0v) is 23.4. The van der Waals surface area contributed by atoms with E-state index in [0.29, 0.717) is 17.7 Å². The molecule has 0 saturated carbocycles. The lowest BCUT2D eigenvalue weighted by Crippen LogP contribution is -2.59. The Morgan fingerprint density at radius 2 is 1.72 bits per heavy atom. The lowest BCUT2D eigenvalue weighted by Gasteiger charge is -2.27. The van der Waals surface area contributed by atoms with Crippen LogP contribution in [0.1, 0.15) is 32.3 Å². The minimum absolute atomic E-state index is 0.0537. The number of carbonyl (C=O) groups excluding carboxylic acids is 5. The standard InChI is InChI=1S/C26H34N4O7S2/c1-15(2)23-26(36)29-20-14-39-38-10-4-3-5-18(12-21(32)30-23)37-22(33)13-27-24(34)19(28-25(20)35)11-16-6-8-17(31)9-7-16/h3,5-9,15,18-20,23,31H,4,10-14H2,1-2H3,(H,27,34)(H,28,35)(H,29,36)(H,30,32)/b5-3+/t18?,19?,20?,23-/m1/s1. The number of fused-ring (bicyclic) bond motifs is 7. The van der Waals surface area contributed by atoms with Gasteiger partial charge in [-0.25, -0.2) is 0 Å². The third-order valence-electron chi connectivity index (χ3n) is 6.02. The van der Waals surface area contributed by atoms with Crippen molar-refractivity contribution in [1.29, 1.82) is 0 Å². The van der Waals surface area contributed by atoms with Gasteiger partial charge in [0, 0.05) is 17.9 Å². The molecule has 0 aromatic heterocycles. The highest BCUT2D eigenvalue weighted by molar-refractivity contribution is 8.76. The maximum Gasteiger partial charge on any atom is 0.326 e. The zero-order valence-electron chi connectivity index (χ0n) is 21.8. The van der Waals surface area contributed by atoms with Gasteiger partial charge in [-0.3, -0.25) is 24.0 Å². The Bertz CT molecular complexity index is 1080. The average molecular weight is 579 g/mol. The van der Waals surface area contributed by atoms with Crippen LogP contribution in [-0.2, 0) is 35.1 Å². The fourth-order valence-corrected chi connectivity index (χ4v) is 6.08.